The SMILES string of the molecule is CCN(CC)C(=O)[C@H]1CN(C(=O)c2cccc(OC)c2)C[C@H]1c1cccc(OC)c1. The average Bonchev–Trinajstić information content (AvgIpc) is 3.25. The van der Waals surface area contributed by atoms with Crippen LogP contribution in [0.3, 0.4) is 0 Å². The van der Waals surface area contributed by atoms with E-state index < -0.39 is 0 Å². The van der Waals surface area contributed by atoms with E-state index in [-0.39, 0.29) is 23.7 Å². The molecule has 0 spiro atoms. The second kappa shape index (κ2) is 9.65. The molecule has 1 heterocycles. The Bertz CT molecular complexity index is 894. The highest BCUT2D eigenvalue weighted by Crippen LogP contribution is 2.36. The monoisotopic (exact) mass is 410 g/mol. The van der Waals surface area contributed by atoms with Crippen LogP contribution in [0.5, 0.6) is 11.5 Å². The highest BCUT2D eigenvalue weighted by molar-refractivity contribution is 5.95. The Balaban J connectivity index is 1.92. The minimum atomic E-state index is -0.286. The average molecular weight is 411 g/mol. The number of carbonyl (C=O) groups excluding carboxylic acids is 2. The van der Waals surface area contributed by atoms with E-state index in [4.69, 9.17) is 9.47 Å². The lowest BCUT2D eigenvalue weighted by Gasteiger charge is -2.26. The highest BCUT2D eigenvalue weighted by Gasteiger charge is 2.42. The van der Waals surface area contributed by atoms with Crippen molar-refractivity contribution in [3.63, 3.8) is 0 Å². The largest absolute Gasteiger partial charge is 0.497 e. The summed E-state index contributed by atoms with van der Waals surface area (Å²) in [6.45, 7) is 6.15. The fourth-order valence-corrected chi connectivity index (χ4v) is 4.14. The summed E-state index contributed by atoms with van der Waals surface area (Å²) >= 11 is 0. The van der Waals surface area contributed by atoms with Crippen molar-refractivity contribution in [1.29, 1.82) is 0 Å². The number of amides is 2. The first-order chi connectivity index (χ1) is 14.5. The van der Waals surface area contributed by atoms with Crippen molar-refractivity contribution in [2.45, 2.75) is 19.8 Å². The number of hydrogen-bond donors (Lipinski definition) is 0. The topological polar surface area (TPSA) is 59.1 Å². The molecule has 1 saturated heterocycles. The predicted octanol–water partition coefficient (Wildman–Crippen LogP) is 3.43. The van der Waals surface area contributed by atoms with E-state index in [2.05, 4.69) is 0 Å². The van der Waals surface area contributed by atoms with E-state index in [1.165, 1.54) is 0 Å². The normalized spacial score (nSPS) is 18.2. The van der Waals surface area contributed by atoms with Crippen molar-refractivity contribution in [3.8, 4) is 11.5 Å². The molecule has 0 N–H and O–H groups in total. The molecule has 0 bridgehead atoms. The lowest BCUT2D eigenvalue weighted by Crippen LogP contribution is -2.39. The van der Waals surface area contributed by atoms with Crippen LogP contribution in [-0.2, 0) is 4.79 Å². The fraction of sp³-hybridized carbons (Fsp3) is 0.417. The van der Waals surface area contributed by atoms with Gasteiger partial charge in [-0.2, -0.15) is 0 Å². The minimum Gasteiger partial charge on any atom is -0.497 e. The lowest BCUT2D eigenvalue weighted by molar-refractivity contribution is -0.135. The predicted molar refractivity (Wildman–Crippen MR) is 116 cm³/mol. The van der Waals surface area contributed by atoms with Crippen molar-refractivity contribution in [2.24, 2.45) is 5.92 Å². The number of benzene rings is 2. The highest BCUT2D eigenvalue weighted by atomic mass is 16.5. The molecule has 0 aromatic heterocycles. The molecule has 0 aliphatic carbocycles. The number of likely N-dealkylation sites (tertiary alicyclic amines) is 1. The summed E-state index contributed by atoms with van der Waals surface area (Å²) in [5.41, 5.74) is 1.58. The number of methoxy groups -OCH3 is 2. The van der Waals surface area contributed by atoms with Crippen LogP contribution in [-0.4, -0.2) is 62.0 Å². The van der Waals surface area contributed by atoms with E-state index in [9.17, 15) is 9.59 Å². The second-order valence-corrected chi connectivity index (χ2v) is 7.44. The summed E-state index contributed by atoms with van der Waals surface area (Å²) in [6.07, 6.45) is 0. The summed E-state index contributed by atoms with van der Waals surface area (Å²) in [5.74, 6) is 1.03. The standard InChI is InChI=1S/C24H30N2O4/c1-5-25(6-2)24(28)22-16-26(23(27)18-10-8-12-20(14-18)30-4)15-21(22)17-9-7-11-19(13-17)29-3/h7-14,21-22H,5-6,15-16H2,1-4H3/t21-,22-/m0/s1. The van der Waals surface area contributed by atoms with Gasteiger partial charge in [0, 0.05) is 37.7 Å². The van der Waals surface area contributed by atoms with Crippen molar-refractivity contribution < 1.29 is 19.1 Å². The molecule has 30 heavy (non-hydrogen) atoms. The van der Waals surface area contributed by atoms with Crippen LogP contribution in [0.1, 0.15) is 35.7 Å². The molecule has 3 rings (SSSR count). The first-order valence-electron chi connectivity index (χ1n) is 10.4. The quantitative estimate of drug-likeness (QED) is 0.702. The van der Waals surface area contributed by atoms with Gasteiger partial charge in [-0.1, -0.05) is 18.2 Å². The number of carbonyl (C=O) groups is 2. The minimum absolute atomic E-state index is 0.0808. The van der Waals surface area contributed by atoms with Gasteiger partial charge >= 0.3 is 0 Å². The van der Waals surface area contributed by atoms with Gasteiger partial charge in [0.15, 0.2) is 0 Å². The Labute approximate surface area is 178 Å². The third-order valence-corrected chi connectivity index (χ3v) is 5.84. The van der Waals surface area contributed by atoms with Gasteiger partial charge in [0.05, 0.1) is 20.1 Å². The smallest absolute Gasteiger partial charge is 0.254 e. The van der Waals surface area contributed by atoms with Crippen LogP contribution in [0, 0.1) is 5.92 Å². The second-order valence-electron chi connectivity index (χ2n) is 7.44. The molecule has 2 atom stereocenters. The number of hydrogen-bond acceptors (Lipinski definition) is 4. The maximum atomic E-state index is 13.3. The Kier molecular flexibility index (Phi) is 6.98. The molecule has 6 nitrogen and oxygen atoms in total. The van der Waals surface area contributed by atoms with E-state index in [0.717, 1.165) is 11.3 Å². The van der Waals surface area contributed by atoms with Crippen molar-refractivity contribution >= 4 is 11.8 Å². The Hall–Kier alpha value is -3.02. The summed E-state index contributed by atoms with van der Waals surface area (Å²) in [6, 6.07) is 14.9. The van der Waals surface area contributed by atoms with Crippen LogP contribution in [0.2, 0.25) is 0 Å². The molecule has 2 aromatic carbocycles. The number of ether oxygens (including phenoxy) is 2. The fourth-order valence-electron chi connectivity index (χ4n) is 4.14. The Morgan fingerprint density at radius 1 is 0.967 bits per heavy atom. The molecular weight excluding hydrogens is 380 g/mol. The third-order valence-electron chi connectivity index (χ3n) is 5.84. The molecule has 6 heteroatoms. The molecule has 160 valence electrons. The van der Waals surface area contributed by atoms with Gasteiger partial charge in [0.25, 0.3) is 5.91 Å². The Morgan fingerprint density at radius 2 is 1.60 bits per heavy atom. The number of rotatable bonds is 7. The van der Waals surface area contributed by atoms with E-state index >= 15 is 0 Å². The van der Waals surface area contributed by atoms with Gasteiger partial charge in [-0.3, -0.25) is 9.59 Å². The van der Waals surface area contributed by atoms with Crippen molar-refractivity contribution in [2.75, 3.05) is 40.4 Å². The molecular formula is C24H30N2O4. The molecule has 0 unspecified atom stereocenters. The van der Waals surface area contributed by atoms with Crippen LogP contribution < -0.4 is 9.47 Å². The maximum absolute atomic E-state index is 13.3. The summed E-state index contributed by atoms with van der Waals surface area (Å²) in [4.78, 5) is 30.1. The van der Waals surface area contributed by atoms with Gasteiger partial charge in [-0.25, -0.2) is 0 Å². The molecule has 0 saturated carbocycles. The van der Waals surface area contributed by atoms with E-state index in [1.807, 2.05) is 49.1 Å². The van der Waals surface area contributed by atoms with Crippen LogP contribution in [0.15, 0.2) is 48.5 Å². The molecule has 2 aromatic rings. The zero-order chi connectivity index (χ0) is 21.7. The summed E-state index contributed by atoms with van der Waals surface area (Å²) < 4.78 is 10.6. The molecule has 0 radical (unpaired) electrons. The molecule has 2 amide bonds. The first kappa shape index (κ1) is 21.7. The van der Waals surface area contributed by atoms with Gasteiger partial charge in [0.1, 0.15) is 11.5 Å². The van der Waals surface area contributed by atoms with Crippen molar-refractivity contribution in [1.82, 2.24) is 9.80 Å². The van der Waals surface area contributed by atoms with Gasteiger partial charge in [-0.15, -0.1) is 0 Å². The molecule has 1 fully saturated rings. The van der Waals surface area contributed by atoms with E-state index in [0.29, 0.717) is 37.5 Å². The molecule has 1 aliphatic heterocycles. The zero-order valence-corrected chi connectivity index (χ0v) is 18.1. The first-order valence-corrected chi connectivity index (χ1v) is 10.4. The number of nitrogens with zero attached hydrogens (tertiary/aromatic N) is 2. The van der Waals surface area contributed by atoms with Crippen molar-refractivity contribution in [3.05, 3.63) is 59.7 Å². The summed E-state index contributed by atoms with van der Waals surface area (Å²) in [7, 11) is 3.21. The van der Waals surface area contributed by atoms with Gasteiger partial charge in [-0.05, 0) is 49.7 Å². The van der Waals surface area contributed by atoms with Gasteiger partial charge < -0.3 is 19.3 Å². The van der Waals surface area contributed by atoms with E-state index in [1.54, 1.807) is 37.3 Å². The van der Waals surface area contributed by atoms with Crippen LogP contribution >= 0.6 is 0 Å². The maximum Gasteiger partial charge on any atom is 0.254 e. The molecule has 1 aliphatic rings. The Morgan fingerprint density at radius 3 is 2.23 bits per heavy atom. The third kappa shape index (κ3) is 4.42. The van der Waals surface area contributed by atoms with Gasteiger partial charge in [0.2, 0.25) is 5.91 Å². The lowest BCUT2D eigenvalue weighted by atomic mass is 9.88. The van der Waals surface area contributed by atoms with Crippen LogP contribution in [0.25, 0.3) is 0 Å². The summed E-state index contributed by atoms with van der Waals surface area (Å²) in [5, 5.41) is 0. The zero-order valence-electron chi connectivity index (χ0n) is 18.1. The van der Waals surface area contributed by atoms with Crippen LogP contribution in [0.4, 0.5) is 0 Å².